The van der Waals surface area contributed by atoms with Crippen molar-refractivity contribution >= 4 is 51.7 Å². The highest BCUT2D eigenvalue weighted by molar-refractivity contribution is 7.09. The molecule has 0 N–H and O–H groups in total. The van der Waals surface area contributed by atoms with Crippen molar-refractivity contribution in [1.82, 2.24) is 9.55 Å². The quantitative estimate of drug-likeness (QED) is 0.191. The van der Waals surface area contributed by atoms with Crippen LogP contribution in [-0.2, 0) is 13.1 Å². The van der Waals surface area contributed by atoms with Crippen molar-refractivity contribution in [3.05, 3.63) is 98.4 Å². The lowest BCUT2D eigenvalue weighted by Gasteiger charge is -2.08. The van der Waals surface area contributed by atoms with Crippen LogP contribution in [0.3, 0.4) is 0 Å². The van der Waals surface area contributed by atoms with Crippen molar-refractivity contribution in [2.24, 2.45) is 4.99 Å². The van der Waals surface area contributed by atoms with Gasteiger partial charge in [-0.2, -0.15) is 0 Å². The second-order valence-corrected chi connectivity index (χ2v) is 9.92. The topological polar surface area (TPSA) is 48.6 Å². The molecule has 0 spiro atoms. The molecule has 5 rings (SSSR count). The number of hydrogen-bond acceptors (Lipinski definition) is 5. The molecule has 0 saturated carbocycles. The van der Waals surface area contributed by atoms with Gasteiger partial charge in [0.05, 0.1) is 26.5 Å². The number of methoxy groups -OCH3 is 2. The third kappa shape index (κ3) is 5.12. The number of rotatable bonds is 8. The van der Waals surface area contributed by atoms with Gasteiger partial charge in [-0.1, -0.05) is 47.5 Å². The Morgan fingerprint density at radius 1 is 1.00 bits per heavy atom. The molecule has 0 bridgehead atoms. The summed E-state index contributed by atoms with van der Waals surface area (Å²) in [5, 5.41) is 5.40. The smallest absolute Gasteiger partial charge is 0.161 e. The highest BCUT2D eigenvalue weighted by Gasteiger charge is 2.11. The molecule has 0 radical (unpaired) electrons. The van der Waals surface area contributed by atoms with Gasteiger partial charge < -0.3 is 14.0 Å². The molecule has 2 aromatic heterocycles. The van der Waals surface area contributed by atoms with Gasteiger partial charge in [-0.3, -0.25) is 4.99 Å². The zero-order chi connectivity index (χ0) is 25.1. The number of halogens is 2. The number of ether oxygens (including phenoxy) is 2. The Labute approximate surface area is 223 Å². The molecule has 2 heterocycles. The summed E-state index contributed by atoms with van der Waals surface area (Å²) >= 11 is 14.1. The molecule has 0 fully saturated rings. The molecule has 5 aromatic rings. The third-order valence-electron chi connectivity index (χ3n) is 5.86. The number of hydrogen-bond donors (Lipinski definition) is 0. The Morgan fingerprint density at radius 3 is 2.64 bits per heavy atom. The number of benzene rings is 3. The van der Waals surface area contributed by atoms with Crippen LogP contribution >= 0.6 is 34.5 Å². The van der Waals surface area contributed by atoms with E-state index in [1.54, 1.807) is 31.6 Å². The van der Waals surface area contributed by atoms with E-state index in [2.05, 4.69) is 22.9 Å². The SMILES string of the molecule is COc1ccc(-c2csc(CN=Cc3cn(Cc4ccc(Cl)cc4Cl)c4ccccc34)n2)cc1OC. The molecule has 0 atom stereocenters. The zero-order valence-electron chi connectivity index (χ0n) is 19.7. The molecule has 5 nitrogen and oxygen atoms in total. The molecule has 3 aromatic carbocycles. The maximum atomic E-state index is 6.42. The molecular weight excluding hydrogens is 513 g/mol. The van der Waals surface area contributed by atoms with Gasteiger partial charge in [0, 0.05) is 56.4 Å². The minimum atomic E-state index is 0.500. The van der Waals surface area contributed by atoms with Gasteiger partial charge in [0.25, 0.3) is 0 Å². The van der Waals surface area contributed by atoms with Gasteiger partial charge in [0.2, 0.25) is 0 Å². The number of fused-ring (bicyclic) bond motifs is 1. The summed E-state index contributed by atoms with van der Waals surface area (Å²) in [6, 6.07) is 19.7. The normalized spacial score (nSPS) is 11.4. The first-order chi connectivity index (χ1) is 17.6. The van der Waals surface area contributed by atoms with Gasteiger partial charge in [0.1, 0.15) is 5.01 Å². The van der Waals surface area contributed by atoms with E-state index in [1.165, 1.54) is 0 Å². The largest absolute Gasteiger partial charge is 0.493 e. The summed E-state index contributed by atoms with van der Waals surface area (Å²) < 4.78 is 12.9. The van der Waals surface area contributed by atoms with Crippen molar-refractivity contribution in [3.8, 4) is 22.8 Å². The van der Waals surface area contributed by atoms with Gasteiger partial charge in [0.15, 0.2) is 11.5 Å². The summed E-state index contributed by atoms with van der Waals surface area (Å²) in [5.74, 6) is 1.37. The van der Waals surface area contributed by atoms with Crippen LogP contribution in [0.15, 0.2) is 77.2 Å². The van der Waals surface area contributed by atoms with E-state index in [-0.39, 0.29) is 0 Å². The van der Waals surface area contributed by atoms with Crippen LogP contribution in [0, 0.1) is 0 Å². The summed E-state index contributed by atoms with van der Waals surface area (Å²) in [6.07, 6.45) is 4.02. The van der Waals surface area contributed by atoms with Crippen LogP contribution in [0.1, 0.15) is 16.1 Å². The fourth-order valence-corrected chi connectivity index (χ4v) is 5.28. The van der Waals surface area contributed by atoms with E-state index in [4.69, 9.17) is 42.7 Å². The highest BCUT2D eigenvalue weighted by Crippen LogP contribution is 2.33. The van der Waals surface area contributed by atoms with E-state index in [1.807, 2.05) is 54.1 Å². The van der Waals surface area contributed by atoms with Crippen LogP contribution in [-0.4, -0.2) is 30.0 Å². The molecule has 0 aliphatic rings. The fraction of sp³-hybridized carbons (Fsp3) is 0.143. The maximum Gasteiger partial charge on any atom is 0.161 e. The van der Waals surface area contributed by atoms with E-state index in [0.717, 1.165) is 38.3 Å². The fourth-order valence-electron chi connectivity index (χ4n) is 4.08. The molecule has 8 heteroatoms. The highest BCUT2D eigenvalue weighted by atomic mass is 35.5. The lowest BCUT2D eigenvalue weighted by atomic mass is 10.1. The first-order valence-electron chi connectivity index (χ1n) is 11.2. The van der Waals surface area contributed by atoms with Crippen LogP contribution in [0.4, 0.5) is 0 Å². The molecule has 0 aliphatic heterocycles. The lowest BCUT2D eigenvalue weighted by Crippen LogP contribution is -1.98. The second-order valence-electron chi connectivity index (χ2n) is 8.13. The van der Waals surface area contributed by atoms with Crippen molar-refractivity contribution in [3.63, 3.8) is 0 Å². The number of thiazole rings is 1. The number of aromatic nitrogens is 2. The predicted octanol–water partition coefficient (Wildman–Crippen LogP) is 7.76. The van der Waals surface area contributed by atoms with Gasteiger partial charge >= 0.3 is 0 Å². The third-order valence-corrected chi connectivity index (χ3v) is 7.28. The maximum absolute atomic E-state index is 6.42. The zero-order valence-corrected chi connectivity index (χ0v) is 22.1. The summed E-state index contributed by atoms with van der Waals surface area (Å²) in [7, 11) is 3.25. The average molecular weight is 536 g/mol. The molecule has 0 amide bonds. The standard InChI is InChI=1S/C28H23Cl2N3O2S/c1-34-26-10-8-18(11-27(26)35-2)24-17-36-28(32-24)14-31-13-20-16-33(25-6-4-3-5-22(20)25)15-19-7-9-21(29)12-23(19)30/h3-13,16-17H,14-15H2,1-2H3. The second kappa shape index (κ2) is 10.7. The average Bonchev–Trinajstić information content (AvgIpc) is 3.50. The lowest BCUT2D eigenvalue weighted by molar-refractivity contribution is 0.355. The monoisotopic (exact) mass is 535 g/mol. The van der Waals surface area contributed by atoms with E-state index in [9.17, 15) is 0 Å². The predicted molar refractivity (Wildman–Crippen MR) is 149 cm³/mol. The summed E-state index contributed by atoms with van der Waals surface area (Å²) in [6.45, 7) is 1.14. The van der Waals surface area contributed by atoms with Crippen molar-refractivity contribution < 1.29 is 9.47 Å². The Balaban J connectivity index is 1.35. The Kier molecular flexibility index (Phi) is 7.28. The Bertz CT molecular complexity index is 1560. The molecule has 36 heavy (non-hydrogen) atoms. The molecule has 0 saturated heterocycles. The van der Waals surface area contributed by atoms with Gasteiger partial charge in [-0.25, -0.2) is 4.98 Å². The summed E-state index contributed by atoms with van der Waals surface area (Å²) in [4.78, 5) is 9.46. The van der Waals surface area contributed by atoms with Crippen LogP contribution in [0.5, 0.6) is 11.5 Å². The molecule has 0 aliphatic carbocycles. The Morgan fingerprint density at radius 2 is 1.83 bits per heavy atom. The van der Waals surface area contributed by atoms with Crippen molar-refractivity contribution in [2.75, 3.05) is 14.2 Å². The van der Waals surface area contributed by atoms with Crippen molar-refractivity contribution in [1.29, 1.82) is 0 Å². The van der Waals surface area contributed by atoms with Gasteiger partial charge in [-0.15, -0.1) is 11.3 Å². The number of nitrogens with zero attached hydrogens (tertiary/aromatic N) is 3. The minimum absolute atomic E-state index is 0.500. The van der Waals surface area contributed by atoms with E-state index in [0.29, 0.717) is 34.6 Å². The first-order valence-corrected chi connectivity index (χ1v) is 12.9. The van der Waals surface area contributed by atoms with Crippen LogP contribution in [0.25, 0.3) is 22.2 Å². The summed E-state index contributed by atoms with van der Waals surface area (Å²) in [5.41, 5.74) is 5.05. The van der Waals surface area contributed by atoms with E-state index >= 15 is 0 Å². The minimum Gasteiger partial charge on any atom is -0.493 e. The van der Waals surface area contributed by atoms with E-state index < -0.39 is 0 Å². The van der Waals surface area contributed by atoms with Crippen LogP contribution < -0.4 is 9.47 Å². The number of aliphatic imine (C=N–C) groups is 1. The number of para-hydroxylation sites is 1. The molecule has 182 valence electrons. The molecule has 0 unspecified atom stereocenters. The van der Waals surface area contributed by atoms with Crippen LogP contribution in [0.2, 0.25) is 10.0 Å². The molecular formula is C28H23Cl2N3O2S. The van der Waals surface area contributed by atoms with Gasteiger partial charge in [-0.05, 0) is 42.0 Å². The first kappa shape index (κ1) is 24.4. The van der Waals surface area contributed by atoms with Crippen molar-refractivity contribution in [2.45, 2.75) is 13.1 Å². The Hall–Kier alpha value is -3.32.